The third kappa shape index (κ3) is 6.38. The van der Waals surface area contributed by atoms with Crippen LogP contribution in [0, 0.1) is 13.8 Å². The highest BCUT2D eigenvalue weighted by atomic mass is 35.5. The molecule has 0 aliphatic heterocycles. The minimum atomic E-state index is -3.89. The summed E-state index contributed by atoms with van der Waals surface area (Å²) in [5.41, 5.74) is 3.03. The third-order valence-electron chi connectivity index (χ3n) is 5.10. The van der Waals surface area contributed by atoms with Crippen molar-refractivity contribution in [2.75, 3.05) is 10.0 Å². The maximum Gasteiger partial charge on any atom is 0.264 e. The van der Waals surface area contributed by atoms with Crippen LogP contribution in [0.4, 0.5) is 11.6 Å². The van der Waals surface area contributed by atoms with Crippen molar-refractivity contribution in [2.24, 2.45) is 0 Å². The van der Waals surface area contributed by atoms with E-state index in [1.54, 1.807) is 50.2 Å². The van der Waals surface area contributed by atoms with Crippen LogP contribution in [-0.4, -0.2) is 24.3 Å². The van der Waals surface area contributed by atoms with Crippen molar-refractivity contribution in [1.82, 2.24) is 9.97 Å². The molecule has 184 valence electrons. The van der Waals surface area contributed by atoms with Gasteiger partial charge in [-0.05, 0) is 74.5 Å². The van der Waals surface area contributed by atoms with E-state index in [9.17, 15) is 13.2 Å². The molecule has 1 heterocycles. The second kappa shape index (κ2) is 10.8. The van der Waals surface area contributed by atoms with E-state index >= 15 is 0 Å². The summed E-state index contributed by atoms with van der Waals surface area (Å²) in [6, 6.07) is 21.7. The molecule has 2 N–H and O–H groups in total. The Hall–Kier alpha value is -3.95. The van der Waals surface area contributed by atoms with E-state index in [1.807, 2.05) is 18.2 Å². The largest absolute Gasteiger partial charge is 0.489 e. The first-order valence-electron chi connectivity index (χ1n) is 10.9. The summed E-state index contributed by atoms with van der Waals surface area (Å²) in [6.07, 6.45) is 0. The van der Waals surface area contributed by atoms with Gasteiger partial charge in [-0.25, -0.2) is 23.1 Å². The van der Waals surface area contributed by atoms with Gasteiger partial charge in [-0.1, -0.05) is 29.8 Å². The van der Waals surface area contributed by atoms with E-state index in [1.165, 1.54) is 24.3 Å². The number of hydrogen-bond acceptors (Lipinski definition) is 6. The number of aryl methyl sites for hydroxylation is 2. The molecule has 0 unspecified atom stereocenters. The molecule has 0 fully saturated rings. The highest BCUT2D eigenvalue weighted by Crippen LogP contribution is 2.21. The number of carbonyl (C=O) groups excluding carboxylic acids is 1. The summed E-state index contributed by atoms with van der Waals surface area (Å²) < 4.78 is 33.5. The van der Waals surface area contributed by atoms with Crippen molar-refractivity contribution in [3.8, 4) is 5.75 Å². The number of anilines is 2. The number of sulfonamides is 1. The monoisotopic (exact) mass is 522 g/mol. The van der Waals surface area contributed by atoms with Crippen molar-refractivity contribution in [1.29, 1.82) is 0 Å². The van der Waals surface area contributed by atoms with Gasteiger partial charge in [0.05, 0.1) is 4.90 Å². The lowest BCUT2D eigenvalue weighted by atomic mass is 10.2. The maximum atomic E-state index is 12.7. The van der Waals surface area contributed by atoms with E-state index in [0.29, 0.717) is 40.0 Å². The van der Waals surface area contributed by atoms with E-state index < -0.39 is 10.0 Å². The normalized spacial score (nSPS) is 11.1. The molecule has 4 aromatic rings. The molecule has 36 heavy (non-hydrogen) atoms. The number of ether oxygens (including phenoxy) is 1. The average molecular weight is 523 g/mol. The van der Waals surface area contributed by atoms with Crippen LogP contribution in [0.3, 0.4) is 0 Å². The summed E-state index contributed by atoms with van der Waals surface area (Å²) in [6.45, 7) is 3.82. The first-order valence-corrected chi connectivity index (χ1v) is 12.8. The van der Waals surface area contributed by atoms with Crippen molar-refractivity contribution >= 4 is 39.2 Å². The number of rotatable bonds is 8. The zero-order chi connectivity index (χ0) is 25.7. The number of amides is 1. The molecule has 0 atom stereocenters. The van der Waals surface area contributed by atoms with Crippen molar-refractivity contribution < 1.29 is 17.9 Å². The van der Waals surface area contributed by atoms with Gasteiger partial charge in [-0.2, -0.15) is 0 Å². The van der Waals surface area contributed by atoms with E-state index in [2.05, 4.69) is 20.0 Å². The number of benzene rings is 3. The Labute approximate surface area is 214 Å². The van der Waals surface area contributed by atoms with E-state index in [4.69, 9.17) is 16.3 Å². The Morgan fingerprint density at radius 3 is 2.19 bits per heavy atom. The molecule has 0 spiro atoms. The third-order valence-corrected chi connectivity index (χ3v) is 6.81. The number of hydrogen-bond donors (Lipinski definition) is 2. The SMILES string of the molecule is Cc1cc(C)nc(NS(=O)(=O)c2ccc(NC(=O)c3ccc(OCc4ccccc4Cl)cc3)cc2)n1. The molecule has 10 heteroatoms. The summed E-state index contributed by atoms with van der Waals surface area (Å²) in [7, 11) is -3.89. The van der Waals surface area contributed by atoms with Gasteiger partial charge in [0.25, 0.3) is 15.9 Å². The summed E-state index contributed by atoms with van der Waals surface area (Å²) in [5, 5.41) is 3.38. The highest BCUT2D eigenvalue weighted by Gasteiger charge is 2.16. The van der Waals surface area contributed by atoms with Gasteiger partial charge in [0.15, 0.2) is 0 Å². The average Bonchev–Trinajstić information content (AvgIpc) is 2.83. The van der Waals surface area contributed by atoms with Gasteiger partial charge >= 0.3 is 0 Å². The van der Waals surface area contributed by atoms with Crippen LogP contribution in [0.1, 0.15) is 27.3 Å². The zero-order valence-corrected chi connectivity index (χ0v) is 21.1. The highest BCUT2D eigenvalue weighted by molar-refractivity contribution is 7.92. The minimum Gasteiger partial charge on any atom is -0.489 e. The molecule has 8 nitrogen and oxygen atoms in total. The Morgan fingerprint density at radius 1 is 0.917 bits per heavy atom. The Morgan fingerprint density at radius 2 is 1.56 bits per heavy atom. The van der Waals surface area contributed by atoms with Crippen LogP contribution >= 0.6 is 11.6 Å². The molecule has 3 aromatic carbocycles. The lowest BCUT2D eigenvalue weighted by Crippen LogP contribution is -2.16. The molecule has 0 bridgehead atoms. The van der Waals surface area contributed by atoms with Gasteiger partial charge in [-0.3, -0.25) is 4.79 Å². The van der Waals surface area contributed by atoms with Crippen LogP contribution < -0.4 is 14.8 Å². The standard InChI is InChI=1S/C26H23ClN4O4S/c1-17-15-18(2)29-26(28-17)31-36(33,34)23-13-9-21(10-14-23)30-25(32)19-7-11-22(12-8-19)35-16-20-5-3-4-6-24(20)27/h3-15H,16H2,1-2H3,(H,30,32)(H,28,29,31). The number of aromatic nitrogens is 2. The fourth-order valence-corrected chi connectivity index (χ4v) is 4.48. The fraction of sp³-hybridized carbons (Fsp3) is 0.115. The fourth-order valence-electron chi connectivity index (χ4n) is 3.35. The Bertz CT molecular complexity index is 1470. The smallest absolute Gasteiger partial charge is 0.264 e. The first-order chi connectivity index (χ1) is 17.2. The van der Waals surface area contributed by atoms with Gasteiger partial charge in [0.2, 0.25) is 5.95 Å². The second-order valence-electron chi connectivity index (χ2n) is 7.96. The molecule has 0 saturated heterocycles. The lowest BCUT2D eigenvalue weighted by molar-refractivity contribution is 0.102. The van der Waals surface area contributed by atoms with Gasteiger partial charge < -0.3 is 10.1 Å². The number of nitrogens with zero attached hydrogens (tertiary/aromatic N) is 2. The Kier molecular flexibility index (Phi) is 7.52. The molecule has 0 aliphatic carbocycles. The Balaban J connectivity index is 1.36. The predicted octanol–water partition coefficient (Wildman–Crippen LogP) is 5.38. The molecule has 1 amide bonds. The maximum absolute atomic E-state index is 12.7. The predicted molar refractivity (Wildman–Crippen MR) is 139 cm³/mol. The van der Waals surface area contributed by atoms with Crippen LogP contribution in [0.25, 0.3) is 0 Å². The topological polar surface area (TPSA) is 110 Å². The summed E-state index contributed by atoms with van der Waals surface area (Å²) in [5.74, 6) is 0.260. The van der Waals surface area contributed by atoms with Crippen molar-refractivity contribution in [2.45, 2.75) is 25.3 Å². The lowest BCUT2D eigenvalue weighted by Gasteiger charge is -2.10. The molecule has 0 radical (unpaired) electrons. The second-order valence-corrected chi connectivity index (χ2v) is 10.1. The number of carbonyl (C=O) groups is 1. The molecular weight excluding hydrogens is 500 g/mol. The number of nitrogens with one attached hydrogen (secondary N) is 2. The van der Waals surface area contributed by atoms with E-state index in [0.717, 1.165) is 5.56 Å². The van der Waals surface area contributed by atoms with Crippen LogP contribution in [0.5, 0.6) is 5.75 Å². The van der Waals surface area contributed by atoms with Crippen molar-refractivity contribution in [3.63, 3.8) is 0 Å². The molecule has 0 aliphatic rings. The van der Waals surface area contributed by atoms with Gasteiger partial charge in [0, 0.05) is 33.2 Å². The van der Waals surface area contributed by atoms with E-state index in [-0.39, 0.29) is 16.8 Å². The van der Waals surface area contributed by atoms with Crippen LogP contribution in [-0.2, 0) is 16.6 Å². The minimum absolute atomic E-state index is 0.00386. The quantitative estimate of drug-likeness (QED) is 0.321. The molecule has 0 saturated carbocycles. The van der Waals surface area contributed by atoms with Gasteiger partial charge in [-0.15, -0.1) is 0 Å². The van der Waals surface area contributed by atoms with Gasteiger partial charge in [0.1, 0.15) is 12.4 Å². The first kappa shape index (κ1) is 25.2. The number of halogens is 1. The van der Waals surface area contributed by atoms with Crippen LogP contribution in [0.15, 0.2) is 83.8 Å². The summed E-state index contributed by atoms with van der Waals surface area (Å²) >= 11 is 6.14. The van der Waals surface area contributed by atoms with Crippen molar-refractivity contribution in [3.05, 3.63) is 106 Å². The molecular formula is C26H23ClN4O4S. The van der Waals surface area contributed by atoms with Crippen LogP contribution in [0.2, 0.25) is 5.02 Å². The molecule has 4 rings (SSSR count). The molecule has 1 aromatic heterocycles. The summed E-state index contributed by atoms with van der Waals surface area (Å²) in [4.78, 5) is 20.8. The zero-order valence-electron chi connectivity index (χ0n) is 19.5.